The van der Waals surface area contributed by atoms with Crippen LogP contribution in [0.3, 0.4) is 0 Å². The Bertz CT molecular complexity index is 127. The van der Waals surface area contributed by atoms with E-state index in [1.165, 1.54) is 45.2 Å². The van der Waals surface area contributed by atoms with Crippen molar-refractivity contribution in [3.63, 3.8) is 0 Å². The van der Waals surface area contributed by atoms with Crippen LogP contribution in [0.15, 0.2) is 0 Å². The third kappa shape index (κ3) is 1.44. The second-order valence-corrected chi connectivity index (χ2v) is 4.22. The fraction of sp³-hybridized carbons (Fsp3) is 1.00. The first kappa shape index (κ1) is 7.60. The lowest BCUT2D eigenvalue weighted by atomic mass is 9.84. The van der Waals surface area contributed by atoms with Gasteiger partial charge >= 0.3 is 0 Å². The number of rotatable bonds is 1. The van der Waals surface area contributed by atoms with Crippen LogP contribution in [0.25, 0.3) is 0 Å². The summed E-state index contributed by atoms with van der Waals surface area (Å²) in [6.07, 6.45) is 7.35. The molecular formula is C10H19N. The van der Waals surface area contributed by atoms with E-state index in [4.69, 9.17) is 0 Å². The van der Waals surface area contributed by atoms with E-state index in [9.17, 15) is 0 Å². The van der Waals surface area contributed by atoms with Gasteiger partial charge in [0.15, 0.2) is 0 Å². The minimum Gasteiger partial charge on any atom is -0.300 e. The number of nitrogens with zero attached hydrogens (tertiary/aromatic N) is 1. The van der Waals surface area contributed by atoms with Crippen LogP contribution in [0.1, 0.15) is 39.0 Å². The maximum atomic E-state index is 2.68. The molecule has 11 heavy (non-hydrogen) atoms. The zero-order chi connectivity index (χ0) is 7.68. The van der Waals surface area contributed by atoms with Crippen LogP contribution in [0, 0.1) is 5.92 Å². The van der Waals surface area contributed by atoms with Crippen molar-refractivity contribution >= 4 is 0 Å². The largest absolute Gasteiger partial charge is 0.300 e. The summed E-state index contributed by atoms with van der Waals surface area (Å²) in [4.78, 5) is 2.68. The minimum atomic E-state index is 0.956. The zero-order valence-electron chi connectivity index (χ0n) is 7.55. The number of likely N-dealkylation sites (tertiary alicyclic amines) is 1. The van der Waals surface area contributed by atoms with Gasteiger partial charge in [0, 0.05) is 6.04 Å². The van der Waals surface area contributed by atoms with Crippen molar-refractivity contribution < 1.29 is 0 Å². The first-order valence-corrected chi connectivity index (χ1v) is 5.12. The molecular weight excluding hydrogens is 134 g/mol. The van der Waals surface area contributed by atoms with Crippen LogP contribution in [-0.2, 0) is 0 Å². The molecule has 0 aromatic carbocycles. The van der Waals surface area contributed by atoms with Crippen molar-refractivity contribution in [2.45, 2.75) is 45.1 Å². The molecule has 64 valence electrons. The minimum absolute atomic E-state index is 0.956. The highest BCUT2D eigenvalue weighted by Gasteiger charge is 2.29. The molecule has 0 radical (unpaired) electrons. The van der Waals surface area contributed by atoms with E-state index in [0.717, 1.165) is 12.0 Å². The van der Waals surface area contributed by atoms with Crippen molar-refractivity contribution in [3.8, 4) is 0 Å². The molecule has 0 bridgehead atoms. The summed E-state index contributed by atoms with van der Waals surface area (Å²) in [7, 11) is 0. The summed E-state index contributed by atoms with van der Waals surface area (Å²) in [5.41, 5.74) is 0. The smallest absolute Gasteiger partial charge is 0.0121 e. The SMILES string of the molecule is C[C@H]1CCCC[C@@H]1N1CCC1. The van der Waals surface area contributed by atoms with Gasteiger partial charge < -0.3 is 4.90 Å². The first-order chi connectivity index (χ1) is 5.38. The summed E-state index contributed by atoms with van der Waals surface area (Å²) in [6.45, 7) is 5.20. The average molecular weight is 153 g/mol. The number of hydrogen-bond donors (Lipinski definition) is 0. The van der Waals surface area contributed by atoms with Gasteiger partial charge in [-0.3, -0.25) is 0 Å². The summed E-state index contributed by atoms with van der Waals surface area (Å²) in [5.74, 6) is 0.976. The van der Waals surface area contributed by atoms with Crippen LogP contribution in [0.5, 0.6) is 0 Å². The topological polar surface area (TPSA) is 3.24 Å². The molecule has 0 aromatic heterocycles. The van der Waals surface area contributed by atoms with Gasteiger partial charge in [-0.25, -0.2) is 0 Å². The molecule has 0 unspecified atom stereocenters. The van der Waals surface area contributed by atoms with E-state index in [0.29, 0.717) is 0 Å². The summed E-state index contributed by atoms with van der Waals surface area (Å²) < 4.78 is 0. The lowest BCUT2D eigenvalue weighted by Gasteiger charge is -2.43. The molecule has 2 fully saturated rings. The van der Waals surface area contributed by atoms with E-state index in [1.54, 1.807) is 0 Å². The molecule has 2 rings (SSSR count). The van der Waals surface area contributed by atoms with Crippen LogP contribution in [-0.4, -0.2) is 24.0 Å². The molecule has 1 saturated carbocycles. The van der Waals surface area contributed by atoms with Crippen molar-refractivity contribution in [3.05, 3.63) is 0 Å². The average Bonchev–Trinajstić information content (AvgIpc) is 1.90. The molecule has 1 nitrogen and oxygen atoms in total. The highest BCUT2D eigenvalue weighted by molar-refractivity contribution is 4.84. The normalized spacial score (nSPS) is 40.1. The fourth-order valence-corrected chi connectivity index (χ4v) is 2.51. The third-order valence-corrected chi connectivity index (χ3v) is 3.43. The van der Waals surface area contributed by atoms with Gasteiger partial charge in [-0.1, -0.05) is 19.8 Å². The monoisotopic (exact) mass is 153 g/mol. The van der Waals surface area contributed by atoms with Gasteiger partial charge in [-0.05, 0) is 38.3 Å². The Balaban J connectivity index is 1.88. The van der Waals surface area contributed by atoms with Gasteiger partial charge in [0.05, 0.1) is 0 Å². The van der Waals surface area contributed by atoms with Gasteiger partial charge in [-0.2, -0.15) is 0 Å². The van der Waals surface area contributed by atoms with Gasteiger partial charge in [-0.15, -0.1) is 0 Å². The summed E-state index contributed by atoms with van der Waals surface area (Å²) >= 11 is 0. The summed E-state index contributed by atoms with van der Waals surface area (Å²) in [5, 5.41) is 0. The second kappa shape index (κ2) is 3.14. The molecule has 0 spiro atoms. The molecule has 0 amide bonds. The maximum Gasteiger partial charge on any atom is 0.0121 e. The Morgan fingerprint density at radius 1 is 1.00 bits per heavy atom. The van der Waals surface area contributed by atoms with Crippen molar-refractivity contribution in [2.75, 3.05) is 13.1 Å². The van der Waals surface area contributed by atoms with Crippen molar-refractivity contribution in [1.82, 2.24) is 4.90 Å². The van der Waals surface area contributed by atoms with Gasteiger partial charge in [0.2, 0.25) is 0 Å². The Morgan fingerprint density at radius 3 is 2.27 bits per heavy atom. The molecule has 2 aliphatic rings. The van der Waals surface area contributed by atoms with Crippen molar-refractivity contribution in [1.29, 1.82) is 0 Å². The van der Waals surface area contributed by atoms with E-state index in [-0.39, 0.29) is 0 Å². The molecule has 0 aromatic rings. The van der Waals surface area contributed by atoms with Gasteiger partial charge in [0.1, 0.15) is 0 Å². The molecule has 1 heteroatoms. The Labute approximate surface area is 69.8 Å². The molecule has 1 heterocycles. The Morgan fingerprint density at radius 2 is 1.73 bits per heavy atom. The Kier molecular flexibility index (Phi) is 2.17. The van der Waals surface area contributed by atoms with Crippen LogP contribution >= 0.6 is 0 Å². The first-order valence-electron chi connectivity index (χ1n) is 5.12. The third-order valence-electron chi connectivity index (χ3n) is 3.43. The van der Waals surface area contributed by atoms with E-state index in [1.807, 2.05) is 0 Å². The highest BCUT2D eigenvalue weighted by Crippen LogP contribution is 2.30. The predicted molar refractivity (Wildman–Crippen MR) is 47.6 cm³/mol. The molecule has 0 N–H and O–H groups in total. The quantitative estimate of drug-likeness (QED) is 0.558. The fourth-order valence-electron chi connectivity index (χ4n) is 2.51. The predicted octanol–water partition coefficient (Wildman–Crippen LogP) is 2.27. The second-order valence-electron chi connectivity index (χ2n) is 4.22. The lowest BCUT2D eigenvalue weighted by Crippen LogP contribution is -2.49. The Hall–Kier alpha value is -0.0400. The molecule has 1 aliphatic heterocycles. The van der Waals surface area contributed by atoms with E-state index >= 15 is 0 Å². The molecule has 1 saturated heterocycles. The van der Waals surface area contributed by atoms with E-state index in [2.05, 4.69) is 11.8 Å². The lowest BCUT2D eigenvalue weighted by molar-refractivity contribution is 0.0580. The maximum absolute atomic E-state index is 2.68. The standard InChI is InChI=1S/C10H19N/c1-9-5-2-3-6-10(9)11-7-4-8-11/h9-10H,2-8H2,1H3/t9-,10-/m0/s1. The highest BCUT2D eigenvalue weighted by atomic mass is 15.2. The van der Waals surface area contributed by atoms with Crippen molar-refractivity contribution in [2.24, 2.45) is 5.92 Å². The van der Waals surface area contributed by atoms with Crippen LogP contribution in [0.4, 0.5) is 0 Å². The molecule has 2 atom stereocenters. The summed E-state index contributed by atoms with van der Waals surface area (Å²) in [6, 6.07) is 0.956. The van der Waals surface area contributed by atoms with Crippen LogP contribution < -0.4 is 0 Å². The zero-order valence-corrected chi connectivity index (χ0v) is 7.55. The van der Waals surface area contributed by atoms with Gasteiger partial charge in [0.25, 0.3) is 0 Å². The molecule has 1 aliphatic carbocycles. The van der Waals surface area contributed by atoms with E-state index < -0.39 is 0 Å². The number of hydrogen-bond acceptors (Lipinski definition) is 1. The van der Waals surface area contributed by atoms with Crippen LogP contribution in [0.2, 0.25) is 0 Å².